The number of nitrogens with one attached hydrogen (secondary N) is 2. The van der Waals surface area contributed by atoms with E-state index in [1.165, 1.54) is 6.20 Å². The molecule has 1 heterocycles. The number of aliphatic hydroxyl groups excluding tert-OH is 1. The van der Waals surface area contributed by atoms with E-state index in [1.807, 2.05) is 60.7 Å². The van der Waals surface area contributed by atoms with Gasteiger partial charge in [-0.1, -0.05) is 72.3 Å². The summed E-state index contributed by atoms with van der Waals surface area (Å²) < 4.78 is 0. The van der Waals surface area contributed by atoms with Crippen LogP contribution >= 0.6 is 11.6 Å². The van der Waals surface area contributed by atoms with Gasteiger partial charge in [0.25, 0.3) is 5.56 Å². The average Bonchev–Trinajstić information content (AvgIpc) is 2.66. The summed E-state index contributed by atoms with van der Waals surface area (Å²) in [6, 6.07) is 18.4. The maximum absolute atomic E-state index is 11.5. The fraction of sp³-hybridized carbons (Fsp3) is 0.0556. The number of aliphatic hydroxyl groups is 1. The van der Waals surface area contributed by atoms with Crippen LogP contribution in [0.2, 0.25) is 5.02 Å². The summed E-state index contributed by atoms with van der Waals surface area (Å²) in [6.07, 6.45) is 0.398. The highest BCUT2D eigenvalue weighted by Gasteiger charge is 2.17. The number of H-pyrrole nitrogens is 1. The molecule has 0 bridgehead atoms. The molecule has 0 fully saturated rings. The van der Waals surface area contributed by atoms with E-state index < -0.39 is 11.7 Å². The first-order valence-corrected chi connectivity index (χ1v) is 7.90. The van der Waals surface area contributed by atoms with E-state index in [0.29, 0.717) is 11.3 Å². The minimum absolute atomic E-state index is 0.0552. The van der Waals surface area contributed by atoms with Crippen molar-refractivity contribution >= 4 is 23.0 Å². The number of hydrogen-bond acceptors (Lipinski definition) is 5. The summed E-state index contributed by atoms with van der Waals surface area (Å²) in [5, 5.41) is 20.9. The van der Waals surface area contributed by atoms with E-state index in [1.54, 1.807) is 0 Å². The molecular formula is C18H15ClN4O2. The molecule has 0 amide bonds. The van der Waals surface area contributed by atoms with Gasteiger partial charge in [0.05, 0.1) is 6.20 Å². The largest absolute Gasteiger partial charge is 0.382 e. The molecule has 3 N–H and O–H groups in total. The van der Waals surface area contributed by atoms with Crippen molar-refractivity contribution in [2.24, 2.45) is 5.10 Å². The highest BCUT2D eigenvalue weighted by atomic mass is 35.5. The van der Waals surface area contributed by atoms with Gasteiger partial charge in [0.2, 0.25) is 0 Å². The molecule has 0 saturated heterocycles. The van der Waals surface area contributed by atoms with Crippen molar-refractivity contribution in [2.45, 2.75) is 6.10 Å². The fourth-order valence-corrected chi connectivity index (χ4v) is 2.40. The van der Waals surface area contributed by atoms with Crippen molar-refractivity contribution in [1.82, 2.24) is 10.2 Å². The van der Waals surface area contributed by atoms with Crippen molar-refractivity contribution in [2.75, 3.05) is 5.43 Å². The molecule has 1 unspecified atom stereocenters. The molecule has 0 saturated carbocycles. The van der Waals surface area contributed by atoms with E-state index in [0.717, 1.165) is 5.56 Å². The number of hydrogen-bond donors (Lipinski definition) is 3. The Labute approximate surface area is 148 Å². The molecule has 0 spiro atoms. The predicted octanol–water partition coefficient (Wildman–Crippen LogP) is 2.97. The van der Waals surface area contributed by atoms with Gasteiger partial charge in [-0.05, 0) is 5.56 Å². The molecule has 0 aliphatic rings. The summed E-state index contributed by atoms with van der Waals surface area (Å²) in [5.41, 5.74) is 4.27. The van der Waals surface area contributed by atoms with Crippen LogP contribution in [0, 0.1) is 0 Å². The summed E-state index contributed by atoms with van der Waals surface area (Å²) in [6.45, 7) is 0. The van der Waals surface area contributed by atoms with Gasteiger partial charge in [0.15, 0.2) is 0 Å². The topological polar surface area (TPSA) is 90.4 Å². The van der Waals surface area contributed by atoms with E-state index in [9.17, 15) is 9.90 Å². The lowest BCUT2D eigenvalue weighted by molar-refractivity contribution is 0.248. The number of rotatable bonds is 5. The second-order valence-corrected chi connectivity index (χ2v) is 5.59. The zero-order chi connectivity index (χ0) is 17.6. The number of hydrazone groups is 1. The van der Waals surface area contributed by atoms with E-state index in [4.69, 9.17) is 11.6 Å². The van der Waals surface area contributed by atoms with Crippen molar-refractivity contribution in [1.29, 1.82) is 0 Å². The van der Waals surface area contributed by atoms with Crippen LogP contribution in [-0.2, 0) is 0 Å². The standard InChI is InChI=1S/C18H15ClN4O2/c19-15-14(11-20-23-18(15)25)21-22-16(12-7-3-1-4-8-12)17(24)13-9-5-2-6-10-13/h1-11,17,24H,(H2,21,23,25)/b22-16-. The molecule has 0 aliphatic heterocycles. The Morgan fingerprint density at radius 3 is 2.44 bits per heavy atom. The van der Waals surface area contributed by atoms with Crippen LogP contribution < -0.4 is 11.0 Å². The van der Waals surface area contributed by atoms with Crippen molar-refractivity contribution in [3.8, 4) is 0 Å². The summed E-state index contributed by atoms with van der Waals surface area (Å²) in [7, 11) is 0. The molecule has 0 aliphatic carbocycles. The Kier molecular flexibility index (Phi) is 5.23. The van der Waals surface area contributed by atoms with Gasteiger partial charge in [-0.15, -0.1) is 0 Å². The lowest BCUT2D eigenvalue weighted by Gasteiger charge is -2.15. The zero-order valence-corrected chi connectivity index (χ0v) is 13.8. The van der Waals surface area contributed by atoms with Gasteiger partial charge in [0.1, 0.15) is 22.5 Å². The molecule has 0 radical (unpaired) electrons. The normalized spacial score (nSPS) is 12.6. The van der Waals surface area contributed by atoms with Crippen molar-refractivity contribution in [3.05, 3.63) is 93.4 Å². The third-order valence-electron chi connectivity index (χ3n) is 3.54. The van der Waals surface area contributed by atoms with E-state index in [-0.39, 0.29) is 10.7 Å². The van der Waals surface area contributed by atoms with Crippen molar-refractivity contribution < 1.29 is 5.11 Å². The first-order chi connectivity index (χ1) is 12.2. The van der Waals surface area contributed by atoms with Crippen LogP contribution in [-0.4, -0.2) is 21.0 Å². The average molecular weight is 355 g/mol. The lowest BCUT2D eigenvalue weighted by atomic mass is 9.99. The van der Waals surface area contributed by atoms with Gasteiger partial charge in [-0.25, -0.2) is 5.10 Å². The number of benzene rings is 2. The number of halogens is 1. The number of anilines is 1. The fourth-order valence-electron chi connectivity index (χ4n) is 2.27. The minimum atomic E-state index is -0.954. The molecule has 3 aromatic rings. The van der Waals surface area contributed by atoms with E-state index in [2.05, 4.69) is 20.7 Å². The van der Waals surface area contributed by atoms with E-state index >= 15 is 0 Å². The maximum atomic E-state index is 11.5. The Hall–Kier alpha value is -2.96. The molecular weight excluding hydrogens is 340 g/mol. The van der Waals surface area contributed by atoms with Crippen LogP contribution in [0.1, 0.15) is 17.2 Å². The van der Waals surface area contributed by atoms with Crippen LogP contribution in [0.3, 0.4) is 0 Å². The van der Waals surface area contributed by atoms with Gasteiger partial charge in [-0.3, -0.25) is 10.2 Å². The third-order valence-corrected chi connectivity index (χ3v) is 3.91. The van der Waals surface area contributed by atoms with Crippen LogP contribution in [0.15, 0.2) is 76.8 Å². The molecule has 7 heteroatoms. The first-order valence-electron chi connectivity index (χ1n) is 7.52. The minimum Gasteiger partial charge on any atom is -0.382 e. The highest BCUT2D eigenvalue weighted by molar-refractivity contribution is 6.32. The second kappa shape index (κ2) is 7.74. The van der Waals surface area contributed by atoms with Gasteiger partial charge in [0, 0.05) is 5.56 Å². The predicted molar refractivity (Wildman–Crippen MR) is 97.9 cm³/mol. The summed E-state index contributed by atoms with van der Waals surface area (Å²) in [4.78, 5) is 11.5. The Morgan fingerprint density at radius 2 is 1.76 bits per heavy atom. The molecule has 2 aromatic carbocycles. The van der Waals surface area contributed by atoms with Crippen molar-refractivity contribution in [3.63, 3.8) is 0 Å². The number of nitrogens with zero attached hydrogens (tertiary/aromatic N) is 2. The second-order valence-electron chi connectivity index (χ2n) is 5.21. The van der Waals surface area contributed by atoms with Crippen LogP contribution in [0.4, 0.5) is 5.69 Å². The Bertz CT molecular complexity index is 927. The summed E-state index contributed by atoms with van der Waals surface area (Å²) >= 11 is 5.94. The monoisotopic (exact) mass is 354 g/mol. The maximum Gasteiger partial charge on any atom is 0.285 e. The summed E-state index contributed by atoms with van der Waals surface area (Å²) in [5.74, 6) is 0. The zero-order valence-electron chi connectivity index (χ0n) is 13.1. The molecule has 3 rings (SSSR count). The van der Waals surface area contributed by atoms with Gasteiger partial charge in [-0.2, -0.15) is 10.2 Å². The molecule has 25 heavy (non-hydrogen) atoms. The third kappa shape index (κ3) is 3.93. The quantitative estimate of drug-likeness (QED) is 0.485. The van der Waals surface area contributed by atoms with Gasteiger partial charge >= 0.3 is 0 Å². The lowest BCUT2D eigenvalue weighted by Crippen LogP contribution is -2.16. The smallest absolute Gasteiger partial charge is 0.285 e. The van der Waals surface area contributed by atoms with Crippen LogP contribution in [0.25, 0.3) is 0 Å². The molecule has 6 nitrogen and oxygen atoms in total. The number of aromatic nitrogens is 2. The Balaban J connectivity index is 1.99. The molecule has 1 aromatic heterocycles. The number of aromatic amines is 1. The molecule has 126 valence electrons. The SMILES string of the molecule is O=c1[nH]ncc(N/N=C(/c2ccccc2)C(O)c2ccccc2)c1Cl. The Morgan fingerprint density at radius 1 is 1.12 bits per heavy atom. The van der Waals surface area contributed by atoms with Gasteiger partial charge < -0.3 is 5.11 Å². The highest BCUT2D eigenvalue weighted by Crippen LogP contribution is 2.21. The molecule has 1 atom stereocenters. The first kappa shape index (κ1) is 16.9. The van der Waals surface area contributed by atoms with Crippen LogP contribution in [0.5, 0.6) is 0 Å².